The lowest BCUT2D eigenvalue weighted by Crippen LogP contribution is -2.46. The zero-order valence-corrected chi connectivity index (χ0v) is 15.3. The Hall–Kier alpha value is -1.48. The van der Waals surface area contributed by atoms with E-state index in [-0.39, 0.29) is 30.0 Å². The molecule has 0 bridgehead atoms. The topological polar surface area (TPSA) is 105 Å². The number of rotatable bonds is 7. The van der Waals surface area contributed by atoms with Crippen LogP contribution in [0.15, 0.2) is 4.52 Å². The van der Waals surface area contributed by atoms with Crippen LogP contribution in [-0.4, -0.2) is 53.7 Å². The molecule has 0 radical (unpaired) electrons. The SMILES string of the molecule is CCS(=O)(=O)N1CCC(NC(=O)CCc2nc(C(C)C)no2)CC1. The van der Waals surface area contributed by atoms with Crippen molar-refractivity contribution in [3.8, 4) is 0 Å². The summed E-state index contributed by atoms with van der Waals surface area (Å²) in [5.74, 6) is 1.36. The van der Waals surface area contributed by atoms with Crippen molar-refractivity contribution < 1.29 is 17.7 Å². The number of nitrogens with one attached hydrogen (secondary N) is 1. The zero-order valence-electron chi connectivity index (χ0n) is 14.5. The van der Waals surface area contributed by atoms with Gasteiger partial charge in [-0.2, -0.15) is 4.98 Å². The summed E-state index contributed by atoms with van der Waals surface area (Å²) in [6.07, 6.45) is 1.98. The third-order valence-electron chi connectivity index (χ3n) is 4.14. The molecule has 0 atom stereocenters. The summed E-state index contributed by atoms with van der Waals surface area (Å²) in [7, 11) is -3.13. The molecule has 1 fully saturated rings. The molecule has 136 valence electrons. The van der Waals surface area contributed by atoms with E-state index in [1.807, 2.05) is 13.8 Å². The predicted molar refractivity (Wildman–Crippen MR) is 88.9 cm³/mol. The van der Waals surface area contributed by atoms with Gasteiger partial charge in [0.25, 0.3) is 0 Å². The molecule has 1 aliphatic rings. The Balaban J connectivity index is 1.73. The lowest BCUT2D eigenvalue weighted by Gasteiger charge is -2.31. The number of nitrogens with zero attached hydrogens (tertiary/aromatic N) is 3. The summed E-state index contributed by atoms with van der Waals surface area (Å²) >= 11 is 0. The fourth-order valence-corrected chi connectivity index (χ4v) is 3.72. The van der Waals surface area contributed by atoms with E-state index in [9.17, 15) is 13.2 Å². The number of hydrogen-bond donors (Lipinski definition) is 1. The molecule has 1 amide bonds. The minimum absolute atomic E-state index is 0.0229. The number of sulfonamides is 1. The van der Waals surface area contributed by atoms with Crippen LogP contribution in [0.1, 0.15) is 57.7 Å². The van der Waals surface area contributed by atoms with Crippen LogP contribution >= 0.6 is 0 Å². The lowest BCUT2D eigenvalue weighted by molar-refractivity contribution is -0.122. The summed E-state index contributed by atoms with van der Waals surface area (Å²) in [4.78, 5) is 16.3. The van der Waals surface area contributed by atoms with E-state index in [4.69, 9.17) is 4.52 Å². The highest BCUT2D eigenvalue weighted by Gasteiger charge is 2.27. The number of hydrogen-bond acceptors (Lipinski definition) is 6. The fraction of sp³-hybridized carbons (Fsp3) is 0.800. The average molecular weight is 358 g/mol. The van der Waals surface area contributed by atoms with Gasteiger partial charge in [0, 0.05) is 37.9 Å². The Morgan fingerprint density at radius 3 is 2.58 bits per heavy atom. The summed E-state index contributed by atoms with van der Waals surface area (Å²) in [6.45, 7) is 6.52. The lowest BCUT2D eigenvalue weighted by atomic mass is 10.1. The second kappa shape index (κ2) is 8.06. The molecule has 9 heteroatoms. The summed E-state index contributed by atoms with van der Waals surface area (Å²) in [5.41, 5.74) is 0. The molecule has 0 aromatic carbocycles. The molecule has 2 heterocycles. The highest BCUT2D eigenvalue weighted by atomic mass is 32.2. The van der Waals surface area contributed by atoms with Gasteiger partial charge in [0.15, 0.2) is 5.82 Å². The van der Waals surface area contributed by atoms with Crippen molar-refractivity contribution in [1.82, 2.24) is 19.8 Å². The molecule has 1 aromatic heterocycles. The number of aryl methyl sites for hydroxylation is 1. The highest BCUT2D eigenvalue weighted by molar-refractivity contribution is 7.89. The quantitative estimate of drug-likeness (QED) is 0.781. The Bertz CT molecular complexity index is 648. The Morgan fingerprint density at radius 2 is 2.04 bits per heavy atom. The van der Waals surface area contributed by atoms with E-state index in [1.54, 1.807) is 6.92 Å². The van der Waals surface area contributed by atoms with E-state index in [0.717, 1.165) is 0 Å². The molecule has 0 aliphatic carbocycles. The van der Waals surface area contributed by atoms with E-state index >= 15 is 0 Å². The standard InChI is InChI=1S/C15H26N4O4S/c1-4-24(21,22)19-9-7-12(8-10-19)16-13(20)5-6-14-17-15(11(2)3)18-23-14/h11-12H,4-10H2,1-3H3,(H,16,20). The number of aromatic nitrogens is 2. The monoisotopic (exact) mass is 358 g/mol. The van der Waals surface area contributed by atoms with E-state index < -0.39 is 10.0 Å². The minimum Gasteiger partial charge on any atom is -0.353 e. The van der Waals surface area contributed by atoms with Crippen molar-refractivity contribution in [3.05, 3.63) is 11.7 Å². The molecular formula is C15H26N4O4S. The molecule has 8 nitrogen and oxygen atoms in total. The van der Waals surface area contributed by atoms with Gasteiger partial charge in [-0.05, 0) is 19.8 Å². The van der Waals surface area contributed by atoms with Crippen LogP contribution in [0.2, 0.25) is 0 Å². The first kappa shape index (κ1) is 18.9. The zero-order chi connectivity index (χ0) is 17.7. The van der Waals surface area contributed by atoms with Gasteiger partial charge in [0.2, 0.25) is 21.8 Å². The van der Waals surface area contributed by atoms with Gasteiger partial charge >= 0.3 is 0 Å². The average Bonchev–Trinajstić information content (AvgIpc) is 3.03. The number of piperidine rings is 1. The summed E-state index contributed by atoms with van der Waals surface area (Å²) < 4.78 is 30.2. The fourth-order valence-electron chi connectivity index (χ4n) is 2.59. The summed E-state index contributed by atoms with van der Waals surface area (Å²) in [6, 6.07) is 0.0229. The molecule has 1 aromatic rings. The smallest absolute Gasteiger partial charge is 0.227 e. The molecule has 1 N–H and O–H groups in total. The maximum atomic E-state index is 12.0. The number of carbonyl (C=O) groups is 1. The molecule has 0 saturated carbocycles. The van der Waals surface area contributed by atoms with Crippen molar-refractivity contribution in [2.24, 2.45) is 0 Å². The Labute approximate surface area is 143 Å². The molecular weight excluding hydrogens is 332 g/mol. The van der Waals surface area contributed by atoms with Gasteiger partial charge < -0.3 is 9.84 Å². The first-order chi connectivity index (χ1) is 11.3. The van der Waals surface area contributed by atoms with Crippen molar-refractivity contribution in [1.29, 1.82) is 0 Å². The highest BCUT2D eigenvalue weighted by Crippen LogP contribution is 2.15. The molecule has 1 aliphatic heterocycles. The van der Waals surface area contributed by atoms with Crippen LogP contribution in [0.5, 0.6) is 0 Å². The molecule has 1 saturated heterocycles. The van der Waals surface area contributed by atoms with Gasteiger partial charge in [0.1, 0.15) is 0 Å². The van der Waals surface area contributed by atoms with Crippen LogP contribution in [0.3, 0.4) is 0 Å². The summed E-state index contributed by atoms with van der Waals surface area (Å²) in [5, 5.41) is 6.83. The maximum Gasteiger partial charge on any atom is 0.227 e. The van der Waals surface area contributed by atoms with Crippen LogP contribution in [0.25, 0.3) is 0 Å². The number of carbonyl (C=O) groups excluding carboxylic acids is 1. The molecule has 0 unspecified atom stereocenters. The van der Waals surface area contributed by atoms with Gasteiger partial charge in [-0.15, -0.1) is 0 Å². The van der Waals surface area contributed by atoms with Crippen molar-refractivity contribution in [2.45, 2.75) is 58.4 Å². The Morgan fingerprint density at radius 1 is 1.38 bits per heavy atom. The van der Waals surface area contributed by atoms with Crippen molar-refractivity contribution in [2.75, 3.05) is 18.8 Å². The van der Waals surface area contributed by atoms with Crippen LogP contribution in [-0.2, 0) is 21.2 Å². The normalized spacial score (nSPS) is 17.3. The third-order valence-corrected chi connectivity index (χ3v) is 6.02. The van der Waals surface area contributed by atoms with Crippen molar-refractivity contribution in [3.63, 3.8) is 0 Å². The van der Waals surface area contributed by atoms with E-state index in [1.165, 1.54) is 4.31 Å². The second-order valence-electron chi connectivity index (χ2n) is 6.34. The number of amides is 1. The van der Waals surface area contributed by atoms with Gasteiger partial charge in [0.05, 0.1) is 5.75 Å². The first-order valence-electron chi connectivity index (χ1n) is 8.41. The molecule has 24 heavy (non-hydrogen) atoms. The van der Waals surface area contributed by atoms with Crippen LogP contribution in [0.4, 0.5) is 0 Å². The van der Waals surface area contributed by atoms with E-state index in [2.05, 4.69) is 15.5 Å². The van der Waals surface area contributed by atoms with Gasteiger partial charge in [-0.1, -0.05) is 19.0 Å². The van der Waals surface area contributed by atoms with Crippen LogP contribution < -0.4 is 5.32 Å². The molecule has 2 rings (SSSR count). The van der Waals surface area contributed by atoms with Gasteiger partial charge in [-0.3, -0.25) is 4.79 Å². The van der Waals surface area contributed by atoms with Crippen LogP contribution in [0, 0.1) is 0 Å². The second-order valence-corrected chi connectivity index (χ2v) is 8.60. The van der Waals surface area contributed by atoms with Gasteiger partial charge in [-0.25, -0.2) is 12.7 Å². The van der Waals surface area contributed by atoms with E-state index in [0.29, 0.717) is 44.1 Å². The largest absolute Gasteiger partial charge is 0.353 e. The first-order valence-corrected chi connectivity index (χ1v) is 10.0. The predicted octanol–water partition coefficient (Wildman–Crippen LogP) is 1.06. The maximum absolute atomic E-state index is 12.0. The van der Waals surface area contributed by atoms with Crippen molar-refractivity contribution >= 4 is 15.9 Å². The molecule has 0 spiro atoms. The Kier molecular flexibility index (Phi) is 6.34. The minimum atomic E-state index is -3.13. The third kappa shape index (κ3) is 5.01.